The van der Waals surface area contributed by atoms with Gasteiger partial charge in [-0.05, 0) is 27.7 Å². The van der Waals surface area contributed by atoms with E-state index in [9.17, 15) is 0 Å². The smallest absolute Gasteiger partial charge is 0.0897 e. The predicted octanol–water partition coefficient (Wildman–Crippen LogP) is 3.52. The third kappa shape index (κ3) is 3.98. The molecule has 2 aromatic heterocycles. The molecule has 0 aromatic carbocycles. The molecule has 0 radical (unpaired) electrons. The average molecular weight is 226 g/mol. The zero-order chi connectivity index (χ0) is 10.6. The number of aryl methyl sites for hydroxylation is 4. The maximum atomic E-state index is 4.13. The van der Waals surface area contributed by atoms with Crippen molar-refractivity contribution in [3.05, 3.63) is 32.2 Å². The minimum Gasteiger partial charge on any atom is -0.250 e. The van der Waals surface area contributed by atoms with Gasteiger partial charge in [0.15, 0.2) is 0 Å². The molecule has 0 aliphatic carbocycles. The number of nitrogens with zero attached hydrogens (tertiary/aromatic N) is 2. The summed E-state index contributed by atoms with van der Waals surface area (Å²) in [5, 5.41) is 4.35. The Bertz CT molecular complexity index is 319. The molecule has 0 bridgehead atoms. The highest BCUT2D eigenvalue weighted by Crippen LogP contribution is 2.07. The summed E-state index contributed by atoms with van der Waals surface area (Å²) in [6, 6.07) is 0. The first-order valence-electron chi connectivity index (χ1n) is 4.35. The number of thiazole rings is 2. The zero-order valence-corrected chi connectivity index (χ0v) is 10.5. The summed E-state index contributed by atoms with van der Waals surface area (Å²) in [5.74, 6) is 0. The summed E-state index contributed by atoms with van der Waals surface area (Å²) < 4.78 is 0. The van der Waals surface area contributed by atoms with Gasteiger partial charge in [0.05, 0.1) is 10.0 Å². The van der Waals surface area contributed by atoms with Crippen molar-refractivity contribution in [2.24, 2.45) is 0 Å². The lowest BCUT2D eigenvalue weighted by Gasteiger charge is -1.71. The van der Waals surface area contributed by atoms with E-state index in [-0.39, 0.29) is 0 Å². The molecule has 76 valence electrons. The number of hydrogen-bond donors (Lipinski definition) is 0. The van der Waals surface area contributed by atoms with E-state index in [1.807, 2.05) is 27.0 Å². The van der Waals surface area contributed by atoms with Gasteiger partial charge in [-0.2, -0.15) is 0 Å². The largest absolute Gasteiger partial charge is 0.250 e. The molecular formula is C10H14N2S2. The van der Waals surface area contributed by atoms with Crippen LogP contribution in [0.3, 0.4) is 0 Å². The second-order valence-electron chi connectivity index (χ2n) is 3.00. The lowest BCUT2D eigenvalue weighted by Crippen LogP contribution is -1.67. The number of rotatable bonds is 0. The molecule has 0 fully saturated rings. The van der Waals surface area contributed by atoms with Crippen LogP contribution in [0.25, 0.3) is 0 Å². The van der Waals surface area contributed by atoms with E-state index < -0.39 is 0 Å². The van der Waals surface area contributed by atoms with Crippen LogP contribution in [0.15, 0.2) is 11.6 Å². The number of aromatic nitrogens is 2. The van der Waals surface area contributed by atoms with Gasteiger partial charge in [-0.3, -0.25) is 0 Å². The zero-order valence-electron chi connectivity index (χ0n) is 8.87. The molecule has 2 nitrogen and oxygen atoms in total. The minimum absolute atomic E-state index is 1.13. The van der Waals surface area contributed by atoms with E-state index in [0.717, 1.165) is 15.7 Å². The van der Waals surface area contributed by atoms with Crippen LogP contribution in [-0.2, 0) is 0 Å². The molecule has 0 saturated carbocycles. The predicted molar refractivity (Wildman–Crippen MR) is 63.2 cm³/mol. The quantitative estimate of drug-likeness (QED) is 0.687. The average Bonchev–Trinajstić information content (AvgIpc) is 2.63. The lowest BCUT2D eigenvalue weighted by molar-refractivity contribution is 1.20. The van der Waals surface area contributed by atoms with Gasteiger partial charge in [0.1, 0.15) is 0 Å². The fourth-order valence-corrected chi connectivity index (χ4v) is 2.21. The second-order valence-corrected chi connectivity index (χ2v) is 5.50. The first-order valence-corrected chi connectivity index (χ1v) is 6.05. The fourth-order valence-electron chi connectivity index (χ4n) is 0.939. The van der Waals surface area contributed by atoms with Crippen molar-refractivity contribution in [1.29, 1.82) is 0 Å². The van der Waals surface area contributed by atoms with Gasteiger partial charge >= 0.3 is 0 Å². The Morgan fingerprint density at radius 3 is 1.93 bits per heavy atom. The molecule has 0 aliphatic rings. The highest BCUT2D eigenvalue weighted by molar-refractivity contribution is 7.11. The van der Waals surface area contributed by atoms with Crippen LogP contribution >= 0.6 is 22.7 Å². The van der Waals surface area contributed by atoms with E-state index in [2.05, 4.69) is 22.3 Å². The molecule has 0 saturated heterocycles. The van der Waals surface area contributed by atoms with Crippen LogP contribution < -0.4 is 0 Å². The summed E-state index contributed by atoms with van der Waals surface area (Å²) in [4.78, 5) is 9.45. The molecule has 0 atom stereocenters. The van der Waals surface area contributed by atoms with Crippen molar-refractivity contribution < 1.29 is 0 Å². The summed E-state index contributed by atoms with van der Waals surface area (Å²) in [6.45, 7) is 8.09. The molecule has 2 aromatic rings. The van der Waals surface area contributed by atoms with E-state index in [4.69, 9.17) is 0 Å². The summed E-state index contributed by atoms with van der Waals surface area (Å²) in [5.41, 5.74) is 1.13. The van der Waals surface area contributed by atoms with Crippen molar-refractivity contribution in [2.45, 2.75) is 27.7 Å². The van der Waals surface area contributed by atoms with Gasteiger partial charge in [0.2, 0.25) is 0 Å². The molecule has 0 amide bonds. The van der Waals surface area contributed by atoms with Gasteiger partial charge in [0, 0.05) is 22.1 Å². The van der Waals surface area contributed by atoms with E-state index >= 15 is 0 Å². The van der Waals surface area contributed by atoms with Gasteiger partial charge in [-0.1, -0.05) is 0 Å². The molecular weight excluding hydrogens is 212 g/mol. The fraction of sp³-hybridized carbons (Fsp3) is 0.400. The van der Waals surface area contributed by atoms with E-state index in [0.29, 0.717) is 0 Å². The second kappa shape index (κ2) is 5.22. The van der Waals surface area contributed by atoms with Gasteiger partial charge in [-0.15, -0.1) is 22.7 Å². The van der Waals surface area contributed by atoms with Crippen molar-refractivity contribution in [2.75, 3.05) is 0 Å². The Morgan fingerprint density at radius 2 is 1.79 bits per heavy atom. The van der Waals surface area contributed by atoms with Crippen LogP contribution in [0.2, 0.25) is 0 Å². The highest BCUT2D eigenvalue weighted by atomic mass is 32.1. The standard InChI is InChI=1S/2C5H7NS/c1-4-3-7-5(2)6-4;1-4-3-6-5(2)7-4/h2*3H,1-2H3. The van der Waals surface area contributed by atoms with Crippen molar-refractivity contribution in [3.63, 3.8) is 0 Å². The Labute approximate surface area is 92.7 Å². The molecule has 4 heteroatoms. The normalized spacial score (nSPS) is 9.43. The Morgan fingerprint density at radius 1 is 1.07 bits per heavy atom. The van der Waals surface area contributed by atoms with Crippen LogP contribution in [0, 0.1) is 27.7 Å². The van der Waals surface area contributed by atoms with E-state index in [1.54, 1.807) is 22.7 Å². The topological polar surface area (TPSA) is 25.8 Å². The van der Waals surface area contributed by atoms with Gasteiger partial charge < -0.3 is 0 Å². The first kappa shape index (κ1) is 11.3. The Hall–Kier alpha value is -0.740. The maximum absolute atomic E-state index is 4.13. The van der Waals surface area contributed by atoms with Crippen molar-refractivity contribution in [1.82, 2.24) is 9.97 Å². The highest BCUT2D eigenvalue weighted by Gasteiger charge is 1.86. The van der Waals surface area contributed by atoms with Crippen LogP contribution in [0.5, 0.6) is 0 Å². The lowest BCUT2D eigenvalue weighted by atomic mass is 10.6. The van der Waals surface area contributed by atoms with Gasteiger partial charge in [0.25, 0.3) is 0 Å². The molecule has 0 unspecified atom stereocenters. The van der Waals surface area contributed by atoms with Crippen molar-refractivity contribution >= 4 is 22.7 Å². The molecule has 2 rings (SSSR count). The third-order valence-electron chi connectivity index (χ3n) is 1.47. The Balaban J connectivity index is 0.000000140. The van der Waals surface area contributed by atoms with Crippen LogP contribution in [-0.4, -0.2) is 9.97 Å². The molecule has 14 heavy (non-hydrogen) atoms. The van der Waals surface area contributed by atoms with Gasteiger partial charge in [-0.25, -0.2) is 9.97 Å². The summed E-state index contributed by atoms with van der Waals surface area (Å²) >= 11 is 3.42. The molecule has 2 heterocycles. The van der Waals surface area contributed by atoms with E-state index in [1.165, 1.54) is 4.88 Å². The van der Waals surface area contributed by atoms with Crippen LogP contribution in [0.1, 0.15) is 20.6 Å². The SMILES string of the molecule is Cc1cnc(C)s1.Cc1csc(C)n1. The monoisotopic (exact) mass is 226 g/mol. The summed E-state index contributed by atoms with van der Waals surface area (Å²) in [7, 11) is 0. The molecule has 0 aliphatic heterocycles. The van der Waals surface area contributed by atoms with Crippen LogP contribution in [0.4, 0.5) is 0 Å². The Kier molecular flexibility index (Phi) is 4.22. The first-order chi connectivity index (χ1) is 6.58. The third-order valence-corrected chi connectivity index (χ3v) is 3.19. The van der Waals surface area contributed by atoms with Crippen molar-refractivity contribution in [3.8, 4) is 0 Å². The minimum atomic E-state index is 1.13. The number of hydrogen-bond acceptors (Lipinski definition) is 4. The maximum Gasteiger partial charge on any atom is 0.0897 e. The molecule has 0 spiro atoms. The molecule has 0 N–H and O–H groups in total. The summed E-state index contributed by atoms with van der Waals surface area (Å²) in [6.07, 6.45) is 1.89.